The minimum atomic E-state index is 0.280. The molecule has 0 atom stereocenters. The van der Waals surface area contributed by atoms with E-state index in [1.54, 1.807) is 6.26 Å². The van der Waals surface area contributed by atoms with Crippen molar-refractivity contribution in [3.05, 3.63) is 0 Å². The molecule has 8 heavy (non-hydrogen) atoms. The zero-order valence-corrected chi connectivity index (χ0v) is 5.84. The van der Waals surface area contributed by atoms with Crippen molar-refractivity contribution >= 4 is 34.8 Å². The molecule has 0 aliphatic heterocycles. The average molecular weight is 151 g/mol. The lowest BCUT2D eigenvalue weighted by atomic mass is 11.5. The number of rotatable bonds is 2. The third-order valence-electron chi connectivity index (χ3n) is 0.376. The van der Waals surface area contributed by atoms with Crippen molar-refractivity contribution in [3.8, 4) is 0 Å². The van der Waals surface area contributed by atoms with Crippen molar-refractivity contribution in [1.29, 1.82) is 0 Å². The number of carbonyl (C=O) groups is 1. The van der Waals surface area contributed by atoms with Gasteiger partial charge in [-0.3, -0.25) is 4.79 Å². The van der Waals surface area contributed by atoms with Gasteiger partial charge in [0.15, 0.2) is 4.32 Å². The van der Waals surface area contributed by atoms with Crippen molar-refractivity contribution in [1.82, 2.24) is 5.48 Å². The van der Waals surface area contributed by atoms with Crippen LogP contribution < -0.4 is 5.48 Å². The van der Waals surface area contributed by atoms with E-state index in [1.807, 2.05) is 0 Å². The predicted octanol–water partition coefficient (Wildman–Crippen LogP) is 0.312. The van der Waals surface area contributed by atoms with Crippen LogP contribution in [0.5, 0.6) is 0 Å². The third kappa shape index (κ3) is 3.89. The first-order valence-electron chi connectivity index (χ1n) is 1.74. The largest absolute Gasteiger partial charge is 0.346 e. The highest BCUT2D eigenvalue weighted by atomic mass is 32.2. The highest BCUT2D eigenvalue weighted by molar-refractivity contribution is 8.22. The van der Waals surface area contributed by atoms with Gasteiger partial charge in [0, 0.05) is 0 Å². The van der Waals surface area contributed by atoms with Crippen molar-refractivity contribution in [2.24, 2.45) is 0 Å². The topological polar surface area (TPSA) is 38.3 Å². The molecule has 0 rings (SSSR count). The molecule has 0 fully saturated rings. The Labute approximate surface area is 56.7 Å². The molecule has 0 aromatic rings. The Morgan fingerprint density at radius 2 is 2.62 bits per heavy atom. The maximum atomic E-state index is 9.47. The molecule has 46 valence electrons. The van der Waals surface area contributed by atoms with Gasteiger partial charge in [-0.2, -0.15) is 0 Å². The maximum Gasteiger partial charge on any atom is 0.320 e. The van der Waals surface area contributed by atoms with Gasteiger partial charge in [-0.1, -0.05) is 11.8 Å². The lowest BCUT2D eigenvalue weighted by Gasteiger charge is -1.97. The van der Waals surface area contributed by atoms with Crippen molar-refractivity contribution in [2.75, 3.05) is 6.26 Å². The fraction of sp³-hybridized carbons (Fsp3) is 0.333. The molecule has 3 nitrogen and oxygen atoms in total. The normalized spacial score (nSPS) is 7.62. The molecule has 0 heterocycles. The van der Waals surface area contributed by atoms with Crippen LogP contribution in [0.15, 0.2) is 0 Å². The fourth-order valence-electron chi connectivity index (χ4n) is 0.114. The van der Waals surface area contributed by atoms with Crippen LogP contribution in [0, 0.1) is 0 Å². The van der Waals surface area contributed by atoms with E-state index in [9.17, 15) is 4.79 Å². The van der Waals surface area contributed by atoms with Gasteiger partial charge in [0.1, 0.15) is 0 Å². The molecule has 0 aromatic heterocycles. The van der Waals surface area contributed by atoms with Gasteiger partial charge in [0.05, 0.1) is 0 Å². The van der Waals surface area contributed by atoms with Crippen LogP contribution in [0.3, 0.4) is 0 Å². The summed E-state index contributed by atoms with van der Waals surface area (Å²) in [4.78, 5) is 13.6. The Bertz CT molecular complexity index is 95.3. The summed E-state index contributed by atoms with van der Waals surface area (Å²) in [6.07, 6.45) is 1.78. The first-order valence-corrected chi connectivity index (χ1v) is 3.38. The van der Waals surface area contributed by atoms with E-state index in [0.29, 0.717) is 4.32 Å². The van der Waals surface area contributed by atoms with Gasteiger partial charge in [-0.15, -0.1) is 0 Å². The lowest BCUT2D eigenvalue weighted by molar-refractivity contribution is -0.132. The van der Waals surface area contributed by atoms with E-state index in [-0.39, 0.29) is 6.47 Å². The Kier molecular flexibility index (Phi) is 4.68. The van der Waals surface area contributed by atoms with E-state index in [1.165, 1.54) is 11.8 Å². The Balaban J connectivity index is 3.11. The van der Waals surface area contributed by atoms with Crippen LogP contribution in [0.25, 0.3) is 0 Å². The van der Waals surface area contributed by atoms with Gasteiger partial charge >= 0.3 is 6.47 Å². The van der Waals surface area contributed by atoms with Crippen LogP contribution in [0.4, 0.5) is 0 Å². The summed E-state index contributed by atoms with van der Waals surface area (Å²) in [5, 5.41) is 0. The van der Waals surface area contributed by atoms with E-state index in [4.69, 9.17) is 0 Å². The molecule has 0 saturated heterocycles. The first-order chi connectivity index (χ1) is 3.81. The highest BCUT2D eigenvalue weighted by Crippen LogP contribution is 1.91. The Morgan fingerprint density at radius 3 is 3.00 bits per heavy atom. The summed E-state index contributed by atoms with van der Waals surface area (Å²) < 4.78 is 0.442. The maximum absolute atomic E-state index is 9.47. The number of hydroxylamine groups is 1. The quantitative estimate of drug-likeness (QED) is 0.349. The fourth-order valence-corrected chi connectivity index (χ4v) is 0.293. The van der Waals surface area contributed by atoms with E-state index in [2.05, 4.69) is 22.5 Å². The van der Waals surface area contributed by atoms with Gasteiger partial charge in [-0.25, -0.2) is 5.48 Å². The summed E-state index contributed by atoms with van der Waals surface area (Å²) in [7, 11) is 0. The van der Waals surface area contributed by atoms with Crippen LogP contribution >= 0.6 is 24.0 Å². The summed E-state index contributed by atoms with van der Waals surface area (Å²) >= 11 is 5.89. The summed E-state index contributed by atoms with van der Waals surface area (Å²) in [5.74, 6) is 0. The summed E-state index contributed by atoms with van der Waals surface area (Å²) in [6, 6.07) is 0. The van der Waals surface area contributed by atoms with Crippen LogP contribution in [-0.2, 0) is 9.63 Å². The van der Waals surface area contributed by atoms with E-state index in [0.717, 1.165) is 0 Å². The molecule has 0 bridgehead atoms. The van der Waals surface area contributed by atoms with Crippen LogP contribution in [0.1, 0.15) is 0 Å². The van der Waals surface area contributed by atoms with Crippen molar-refractivity contribution < 1.29 is 9.63 Å². The number of hydrogen-bond acceptors (Lipinski definition) is 4. The molecular formula is C3H5NO2S2. The number of thioether (sulfide) groups is 1. The second-order valence-corrected chi connectivity index (χ2v) is 2.29. The van der Waals surface area contributed by atoms with E-state index >= 15 is 0 Å². The highest BCUT2D eigenvalue weighted by Gasteiger charge is 1.86. The smallest absolute Gasteiger partial charge is 0.320 e. The lowest BCUT2D eigenvalue weighted by Crippen LogP contribution is -2.16. The Hall–Kier alpha value is -0.290. The number of carbonyl (C=O) groups excluding carboxylic acids is 1. The molecule has 0 radical (unpaired) electrons. The third-order valence-corrected chi connectivity index (χ3v) is 1.41. The molecule has 0 spiro atoms. The average Bonchev–Trinajstić information content (AvgIpc) is 1.83. The van der Waals surface area contributed by atoms with Crippen LogP contribution in [0.2, 0.25) is 0 Å². The van der Waals surface area contributed by atoms with Gasteiger partial charge < -0.3 is 4.84 Å². The molecule has 0 saturated carbocycles. The second-order valence-electron chi connectivity index (χ2n) is 0.808. The molecule has 1 N–H and O–H groups in total. The van der Waals surface area contributed by atoms with Crippen molar-refractivity contribution in [3.63, 3.8) is 0 Å². The number of nitrogens with one attached hydrogen (secondary N) is 1. The van der Waals surface area contributed by atoms with Gasteiger partial charge in [0.25, 0.3) is 0 Å². The SMILES string of the molecule is CSC(=S)NOC=O. The van der Waals surface area contributed by atoms with Crippen molar-refractivity contribution in [2.45, 2.75) is 0 Å². The number of hydrogen-bond donors (Lipinski definition) is 1. The van der Waals surface area contributed by atoms with E-state index < -0.39 is 0 Å². The molecule has 5 heteroatoms. The predicted molar refractivity (Wildman–Crippen MR) is 36.4 cm³/mol. The molecule has 0 unspecified atom stereocenters. The first kappa shape index (κ1) is 7.71. The molecular weight excluding hydrogens is 146 g/mol. The Morgan fingerprint density at radius 1 is 2.00 bits per heavy atom. The zero-order valence-electron chi connectivity index (χ0n) is 4.21. The molecule has 0 aromatic carbocycles. The minimum Gasteiger partial charge on any atom is -0.346 e. The minimum absolute atomic E-state index is 0.280. The summed E-state index contributed by atoms with van der Waals surface area (Å²) in [5.41, 5.74) is 2.21. The van der Waals surface area contributed by atoms with Crippen LogP contribution in [-0.4, -0.2) is 17.0 Å². The second kappa shape index (κ2) is 4.86. The zero-order chi connectivity index (χ0) is 6.41. The molecule has 0 amide bonds. The molecule has 0 aliphatic rings. The standard InChI is InChI=1S/C3H5NO2S2/c1-8-3(7)4-6-2-5/h2H,1H3,(H,4,7). The van der Waals surface area contributed by atoms with Gasteiger partial charge in [0.2, 0.25) is 0 Å². The monoisotopic (exact) mass is 151 g/mol. The van der Waals surface area contributed by atoms with Gasteiger partial charge in [-0.05, 0) is 18.5 Å². The number of thiocarbonyl (C=S) groups is 1. The summed E-state index contributed by atoms with van der Waals surface area (Å²) in [6.45, 7) is 0.280. The molecule has 0 aliphatic carbocycles.